The van der Waals surface area contributed by atoms with Gasteiger partial charge in [0.2, 0.25) is 0 Å². The van der Waals surface area contributed by atoms with Gasteiger partial charge in [-0.15, -0.1) is 0 Å². The van der Waals surface area contributed by atoms with Crippen LogP contribution in [0.3, 0.4) is 0 Å². The van der Waals surface area contributed by atoms with E-state index in [0.29, 0.717) is 13.2 Å². The summed E-state index contributed by atoms with van der Waals surface area (Å²) in [5.74, 6) is -0.455. The number of hydrogen-bond acceptors (Lipinski definition) is 2. The molecule has 0 spiro atoms. The highest BCUT2D eigenvalue weighted by Crippen LogP contribution is 2.38. The highest BCUT2D eigenvalue weighted by molar-refractivity contribution is 9.10. The van der Waals surface area contributed by atoms with Gasteiger partial charge < -0.3 is 9.47 Å². The van der Waals surface area contributed by atoms with Gasteiger partial charge in [-0.25, -0.2) is 0 Å². The van der Waals surface area contributed by atoms with E-state index < -0.39 is 5.79 Å². The van der Waals surface area contributed by atoms with Gasteiger partial charge in [0.25, 0.3) is 0 Å². The molecule has 0 bridgehead atoms. The summed E-state index contributed by atoms with van der Waals surface area (Å²) in [5.41, 5.74) is 0. The maximum absolute atomic E-state index is 5.73. The number of rotatable bonds is 4. The predicted octanol–water partition coefficient (Wildman–Crippen LogP) is 3.08. The summed E-state index contributed by atoms with van der Waals surface area (Å²) in [6.45, 7) is 5.65. The Morgan fingerprint density at radius 3 is 1.77 bits per heavy atom. The van der Waals surface area contributed by atoms with Gasteiger partial charge in [-0.1, -0.05) is 45.7 Å². The van der Waals surface area contributed by atoms with E-state index in [1.54, 1.807) is 0 Å². The lowest BCUT2D eigenvalue weighted by molar-refractivity contribution is -0.154. The first kappa shape index (κ1) is 12.0. The molecule has 2 atom stereocenters. The number of hydrogen-bond donors (Lipinski definition) is 0. The Balaban J connectivity index is 2.73. The summed E-state index contributed by atoms with van der Waals surface area (Å²) in [4.78, 5) is 0.513. The van der Waals surface area contributed by atoms with Crippen molar-refractivity contribution in [2.45, 2.75) is 42.1 Å². The molecule has 1 aliphatic rings. The summed E-state index contributed by atoms with van der Waals surface area (Å²) in [7, 11) is 0. The van der Waals surface area contributed by atoms with Crippen LogP contribution in [0.15, 0.2) is 0 Å². The average molecular weight is 316 g/mol. The molecule has 0 saturated carbocycles. The van der Waals surface area contributed by atoms with E-state index in [-0.39, 0.29) is 9.65 Å². The second-order valence-electron chi connectivity index (χ2n) is 3.17. The molecule has 0 aromatic rings. The summed E-state index contributed by atoms with van der Waals surface area (Å²) in [6, 6.07) is 0. The lowest BCUT2D eigenvalue weighted by atomic mass is 10.1. The first-order chi connectivity index (χ1) is 6.17. The number of halogens is 2. The van der Waals surface area contributed by atoms with E-state index in [4.69, 9.17) is 9.47 Å². The molecule has 0 unspecified atom stereocenters. The molecule has 0 aromatic heterocycles. The molecule has 1 fully saturated rings. The Morgan fingerprint density at radius 2 is 1.46 bits per heavy atom. The minimum absolute atomic E-state index is 0.256. The highest BCUT2D eigenvalue weighted by Gasteiger charge is 2.47. The van der Waals surface area contributed by atoms with E-state index in [0.717, 1.165) is 12.8 Å². The van der Waals surface area contributed by atoms with Crippen LogP contribution in [0, 0.1) is 0 Å². The van der Waals surface area contributed by atoms with Crippen LogP contribution in [-0.2, 0) is 9.47 Å². The van der Waals surface area contributed by atoms with Gasteiger partial charge in [0.1, 0.15) is 0 Å². The van der Waals surface area contributed by atoms with Gasteiger partial charge >= 0.3 is 0 Å². The third kappa shape index (κ3) is 2.28. The predicted molar refractivity (Wildman–Crippen MR) is 60.6 cm³/mol. The standard InChI is InChI=1S/C9H16Br2O2/c1-3-7(10)9(8(11)4-2)12-5-6-13-9/h7-8H,3-6H2,1-2H3/t7-,8-/m1/s1. The molecule has 2 nitrogen and oxygen atoms in total. The third-order valence-electron chi connectivity index (χ3n) is 2.33. The fourth-order valence-corrected chi connectivity index (χ4v) is 3.09. The minimum atomic E-state index is -0.455. The molecule has 1 aliphatic heterocycles. The first-order valence-electron chi connectivity index (χ1n) is 4.73. The van der Waals surface area contributed by atoms with E-state index in [1.807, 2.05) is 0 Å². The van der Waals surface area contributed by atoms with Crippen LogP contribution in [0.4, 0.5) is 0 Å². The van der Waals surface area contributed by atoms with Gasteiger partial charge in [-0.2, -0.15) is 0 Å². The van der Waals surface area contributed by atoms with Crippen molar-refractivity contribution in [3.8, 4) is 0 Å². The molecular formula is C9H16Br2O2. The van der Waals surface area contributed by atoms with E-state index in [2.05, 4.69) is 45.7 Å². The largest absolute Gasteiger partial charge is 0.345 e. The summed E-state index contributed by atoms with van der Waals surface area (Å²) in [5, 5.41) is 0. The van der Waals surface area contributed by atoms with Crippen LogP contribution in [0.25, 0.3) is 0 Å². The van der Waals surface area contributed by atoms with Gasteiger partial charge in [0.05, 0.1) is 22.9 Å². The number of alkyl halides is 2. The van der Waals surface area contributed by atoms with Crippen LogP contribution in [-0.4, -0.2) is 28.7 Å². The third-order valence-corrected chi connectivity index (χ3v) is 4.90. The normalized spacial score (nSPS) is 25.8. The molecule has 13 heavy (non-hydrogen) atoms. The van der Waals surface area contributed by atoms with E-state index in [1.165, 1.54) is 0 Å². The van der Waals surface area contributed by atoms with Crippen LogP contribution in [0.1, 0.15) is 26.7 Å². The van der Waals surface area contributed by atoms with Crippen LogP contribution >= 0.6 is 31.9 Å². The molecule has 0 aromatic carbocycles. The summed E-state index contributed by atoms with van der Waals surface area (Å²) < 4.78 is 11.5. The van der Waals surface area contributed by atoms with Gasteiger partial charge in [0, 0.05) is 0 Å². The zero-order valence-corrected chi connectivity index (χ0v) is 11.2. The Bertz CT molecular complexity index is 146. The van der Waals surface area contributed by atoms with Crippen LogP contribution in [0.5, 0.6) is 0 Å². The fraction of sp³-hybridized carbons (Fsp3) is 1.00. The quantitative estimate of drug-likeness (QED) is 0.742. The second kappa shape index (κ2) is 5.10. The molecule has 4 heteroatoms. The molecule has 0 radical (unpaired) electrons. The van der Waals surface area contributed by atoms with Gasteiger partial charge in [-0.05, 0) is 12.8 Å². The van der Waals surface area contributed by atoms with E-state index in [9.17, 15) is 0 Å². The monoisotopic (exact) mass is 314 g/mol. The van der Waals surface area contributed by atoms with Crippen LogP contribution < -0.4 is 0 Å². The Labute approximate surface area is 96.6 Å². The summed E-state index contributed by atoms with van der Waals surface area (Å²) in [6.07, 6.45) is 2.00. The van der Waals surface area contributed by atoms with Crippen molar-refractivity contribution in [3.63, 3.8) is 0 Å². The van der Waals surface area contributed by atoms with Crippen molar-refractivity contribution in [2.24, 2.45) is 0 Å². The zero-order chi connectivity index (χ0) is 9.90. The van der Waals surface area contributed by atoms with Crippen molar-refractivity contribution in [3.05, 3.63) is 0 Å². The molecular weight excluding hydrogens is 300 g/mol. The van der Waals surface area contributed by atoms with Crippen molar-refractivity contribution < 1.29 is 9.47 Å². The summed E-state index contributed by atoms with van der Waals surface area (Å²) >= 11 is 7.24. The zero-order valence-electron chi connectivity index (χ0n) is 8.06. The number of ether oxygens (including phenoxy) is 2. The molecule has 0 aliphatic carbocycles. The first-order valence-corrected chi connectivity index (χ1v) is 6.56. The van der Waals surface area contributed by atoms with Crippen molar-refractivity contribution in [1.82, 2.24) is 0 Å². The Hall–Kier alpha value is 0.880. The Kier molecular flexibility index (Phi) is 4.69. The fourth-order valence-electron chi connectivity index (χ4n) is 1.57. The topological polar surface area (TPSA) is 18.5 Å². The van der Waals surface area contributed by atoms with E-state index >= 15 is 0 Å². The molecule has 78 valence electrons. The molecule has 0 amide bonds. The maximum atomic E-state index is 5.73. The lowest BCUT2D eigenvalue weighted by Crippen LogP contribution is -2.47. The van der Waals surface area contributed by atoms with Crippen molar-refractivity contribution in [2.75, 3.05) is 13.2 Å². The molecule has 1 rings (SSSR count). The highest BCUT2D eigenvalue weighted by atomic mass is 79.9. The molecule has 0 N–H and O–H groups in total. The minimum Gasteiger partial charge on any atom is -0.345 e. The molecule has 1 saturated heterocycles. The second-order valence-corrected chi connectivity index (χ2v) is 5.38. The lowest BCUT2D eigenvalue weighted by Gasteiger charge is -2.35. The van der Waals surface area contributed by atoms with Crippen LogP contribution in [0.2, 0.25) is 0 Å². The van der Waals surface area contributed by atoms with Crippen molar-refractivity contribution >= 4 is 31.9 Å². The maximum Gasteiger partial charge on any atom is 0.193 e. The SMILES string of the molecule is CC[C@@H](Br)C1([C@H](Br)CC)OCCO1. The molecule has 1 heterocycles. The van der Waals surface area contributed by atoms with Gasteiger partial charge in [-0.3, -0.25) is 0 Å². The van der Waals surface area contributed by atoms with Gasteiger partial charge in [0.15, 0.2) is 5.79 Å². The smallest absolute Gasteiger partial charge is 0.193 e. The average Bonchev–Trinajstić information content (AvgIpc) is 2.65. The Morgan fingerprint density at radius 1 is 1.08 bits per heavy atom. The van der Waals surface area contributed by atoms with Crippen molar-refractivity contribution in [1.29, 1.82) is 0 Å².